The van der Waals surface area contributed by atoms with Crippen LogP contribution in [0.4, 0.5) is 0 Å². The Kier molecular flexibility index (Phi) is 6.86. The van der Waals surface area contributed by atoms with E-state index in [1.807, 2.05) is 23.7 Å². The molecule has 0 spiro atoms. The normalized spacial score (nSPS) is 11.7. The molecule has 9 heteroatoms. The second kappa shape index (κ2) is 9.57. The number of carbonyl (C=O) groups excluding carboxylic acids is 1. The van der Waals surface area contributed by atoms with Crippen LogP contribution < -0.4 is 28.5 Å². The number of benzene rings is 2. The molecule has 1 aromatic heterocycles. The van der Waals surface area contributed by atoms with Gasteiger partial charge >= 0.3 is 0 Å². The number of nitrogens with zero attached hydrogens (tertiary/aromatic N) is 2. The number of hydrogen-bond donors (Lipinski definition) is 0. The topological polar surface area (TPSA) is 80.5 Å². The summed E-state index contributed by atoms with van der Waals surface area (Å²) in [5.74, 6) is 2.34. The van der Waals surface area contributed by atoms with Crippen LogP contribution >= 0.6 is 11.3 Å². The van der Waals surface area contributed by atoms with E-state index in [-0.39, 0.29) is 0 Å². The Morgan fingerprint density at radius 1 is 0.871 bits per heavy atom. The number of aromatic nitrogens is 1. The highest BCUT2D eigenvalue weighted by molar-refractivity contribution is 7.16. The van der Waals surface area contributed by atoms with Crippen molar-refractivity contribution in [3.8, 4) is 28.7 Å². The third-order valence-electron chi connectivity index (χ3n) is 4.63. The van der Waals surface area contributed by atoms with Crippen LogP contribution in [-0.4, -0.2) is 46.0 Å². The quantitative estimate of drug-likeness (QED) is 0.520. The number of rotatable bonds is 7. The predicted octanol–water partition coefficient (Wildman–Crippen LogP) is 3.42. The molecule has 0 aliphatic carbocycles. The van der Waals surface area contributed by atoms with E-state index >= 15 is 0 Å². The van der Waals surface area contributed by atoms with Crippen LogP contribution in [0.1, 0.15) is 5.56 Å². The second-order valence-electron chi connectivity index (χ2n) is 6.36. The molecule has 3 aromatic rings. The van der Waals surface area contributed by atoms with Gasteiger partial charge in [-0.2, -0.15) is 4.99 Å². The molecule has 8 nitrogen and oxygen atoms in total. The molecule has 0 saturated heterocycles. The van der Waals surface area contributed by atoms with Gasteiger partial charge in [-0.1, -0.05) is 11.3 Å². The van der Waals surface area contributed by atoms with E-state index in [0.717, 1.165) is 10.2 Å². The average molecular weight is 445 g/mol. The fraction of sp³-hybridized carbons (Fsp3) is 0.273. The third-order valence-corrected chi connectivity index (χ3v) is 5.72. The number of thiazole rings is 1. The number of amides is 1. The van der Waals surface area contributed by atoms with Crippen LogP contribution in [0.25, 0.3) is 16.3 Å². The molecular formula is C22H24N2O6S. The van der Waals surface area contributed by atoms with Crippen molar-refractivity contribution in [1.82, 2.24) is 4.57 Å². The molecule has 0 unspecified atom stereocenters. The van der Waals surface area contributed by atoms with Gasteiger partial charge in [-0.25, -0.2) is 0 Å². The molecule has 0 fully saturated rings. The number of carbonyl (C=O) groups is 1. The molecule has 164 valence electrons. The highest BCUT2D eigenvalue weighted by atomic mass is 32.1. The van der Waals surface area contributed by atoms with E-state index in [1.54, 1.807) is 32.4 Å². The van der Waals surface area contributed by atoms with Gasteiger partial charge in [0, 0.05) is 25.3 Å². The summed E-state index contributed by atoms with van der Waals surface area (Å²) in [6.07, 6.45) is 3.04. The van der Waals surface area contributed by atoms with Crippen molar-refractivity contribution in [3.63, 3.8) is 0 Å². The first-order chi connectivity index (χ1) is 14.9. The lowest BCUT2D eigenvalue weighted by Crippen LogP contribution is -2.12. The number of hydrogen-bond acceptors (Lipinski definition) is 7. The van der Waals surface area contributed by atoms with Crippen molar-refractivity contribution in [3.05, 3.63) is 40.7 Å². The van der Waals surface area contributed by atoms with E-state index in [4.69, 9.17) is 23.7 Å². The number of aryl methyl sites for hydroxylation is 1. The van der Waals surface area contributed by atoms with E-state index in [2.05, 4.69) is 4.99 Å². The molecule has 1 heterocycles. The van der Waals surface area contributed by atoms with E-state index in [0.29, 0.717) is 39.1 Å². The van der Waals surface area contributed by atoms with Crippen LogP contribution in [0.15, 0.2) is 35.3 Å². The monoisotopic (exact) mass is 444 g/mol. The Morgan fingerprint density at radius 2 is 1.45 bits per heavy atom. The van der Waals surface area contributed by atoms with Crippen LogP contribution in [-0.2, 0) is 11.8 Å². The lowest BCUT2D eigenvalue weighted by atomic mass is 10.1. The number of methoxy groups -OCH3 is 5. The molecule has 2 aromatic carbocycles. The second-order valence-corrected chi connectivity index (χ2v) is 7.37. The van der Waals surface area contributed by atoms with Gasteiger partial charge in [0.15, 0.2) is 27.8 Å². The minimum atomic E-state index is -0.394. The first kappa shape index (κ1) is 22.2. The molecule has 31 heavy (non-hydrogen) atoms. The Balaban J connectivity index is 1.95. The third kappa shape index (κ3) is 4.51. The van der Waals surface area contributed by atoms with Crippen molar-refractivity contribution >= 4 is 33.5 Å². The minimum Gasteiger partial charge on any atom is -0.493 e. The summed E-state index contributed by atoms with van der Waals surface area (Å²) < 4.78 is 29.5. The summed E-state index contributed by atoms with van der Waals surface area (Å²) in [6.45, 7) is 0. The van der Waals surface area contributed by atoms with Crippen molar-refractivity contribution in [2.45, 2.75) is 0 Å². The van der Waals surface area contributed by atoms with Crippen LogP contribution in [0.3, 0.4) is 0 Å². The zero-order chi connectivity index (χ0) is 22.5. The van der Waals surface area contributed by atoms with E-state index < -0.39 is 5.91 Å². The Bertz CT molecular complexity index is 1180. The molecule has 0 N–H and O–H groups in total. The van der Waals surface area contributed by atoms with Gasteiger partial charge < -0.3 is 28.3 Å². The Labute approximate surface area is 183 Å². The van der Waals surface area contributed by atoms with Gasteiger partial charge in [-0.3, -0.25) is 4.79 Å². The largest absolute Gasteiger partial charge is 0.493 e. The highest BCUT2D eigenvalue weighted by Crippen LogP contribution is 2.38. The van der Waals surface area contributed by atoms with Gasteiger partial charge in [0.05, 0.1) is 45.8 Å². The smallest absolute Gasteiger partial charge is 0.272 e. The van der Waals surface area contributed by atoms with Crippen LogP contribution in [0.2, 0.25) is 0 Å². The first-order valence-electron chi connectivity index (χ1n) is 9.24. The van der Waals surface area contributed by atoms with Crippen molar-refractivity contribution in [2.75, 3.05) is 35.5 Å². The van der Waals surface area contributed by atoms with Gasteiger partial charge in [-0.05, 0) is 23.8 Å². The predicted molar refractivity (Wildman–Crippen MR) is 120 cm³/mol. The number of fused-ring (bicyclic) bond motifs is 1. The highest BCUT2D eigenvalue weighted by Gasteiger charge is 2.13. The van der Waals surface area contributed by atoms with Crippen LogP contribution in [0, 0.1) is 0 Å². The van der Waals surface area contributed by atoms with Gasteiger partial charge in [0.1, 0.15) is 0 Å². The molecule has 3 rings (SSSR count). The van der Waals surface area contributed by atoms with Gasteiger partial charge in [0.25, 0.3) is 5.91 Å². The van der Waals surface area contributed by atoms with Crippen LogP contribution in [0.5, 0.6) is 28.7 Å². The Morgan fingerprint density at radius 3 is 2.00 bits per heavy atom. The molecule has 1 amide bonds. The van der Waals surface area contributed by atoms with E-state index in [9.17, 15) is 4.79 Å². The summed E-state index contributed by atoms with van der Waals surface area (Å²) in [7, 11) is 9.63. The maximum atomic E-state index is 12.5. The molecule has 0 aliphatic rings. The minimum absolute atomic E-state index is 0.394. The fourth-order valence-corrected chi connectivity index (χ4v) is 4.09. The van der Waals surface area contributed by atoms with Gasteiger partial charge in [0.2, 0.25) is 5.75 Å². The van der Waals surface area contributed by atoms with Gasteiger partial charge in [-0.15, -0.1) is 0 Å². The molecule has 0 bridgehead atoms. The van der Waals surface area contributed by atoms with Crippen molar-refractivity contribution < 1.29 is 28.5 Å². The van der Waals surface area contributed by atoms with Crippen molar-refractivity contribution in [1.29, 1.82) is 0 Å². The standard InChI is InChI=1S/C22H24N2O6S/c1-24-14-11-15(26-2)16(27-3)12-19(14)31-22(24)23-20(25)8-7-13-9-17(28-4)21(30-6)18(10-13)29-5/h7-12H,1-6H3/b8-7+,23-22?. The SMILES string of the molecule is COc1cc2sc(=NC(=O)/C=C/c3cc(OC)c(OC)c(OC)c3)n(C)c2cc1OC. The summed E-state index contributed by atoms with van der Waals surface area (Å²) in [5, 5.41) is 0. The lowest BCUT2D eigenvalue weighted by molar-refractivity contribution is -0.113. The van der Waals surface area contributed by atoms with E-state index in [1.165, 1.54) is 38.7 Å². The maximum Gasteiger partial charge on any atom is 0.272 e. The van der Waals surface area contributed by atoms with Crippen molar-refractivity contribution in [2.24, 2.45) is 12.0 Å². The summed E-state index contributed by atoms with van der Waals surface area (Å²) >= 11 is 1.39. The summed E-state index contributed by atoms with van der Waals surface area (Å²) in [4.78, 5) is 17.3. The fourth-order valence-electron chi connectivity index (χ4n) is 3.06. The molecule has 0 radical (unpaired) electrons. The zero-order valence-corrected chi connectivity index (χ0v) is 19.0. The number of ether oxygens (including phenoxy) is 5. The average Bonchev–Trinajstić information content (AvgIpc) is 3.09. The first-order valence-corrected chi connectivity index (χ1v) is 10.1. The summed E-state index contributed by atoms with van der Waals surface area (Å²) in [5.41, 5.74) is 1.61. The Hall–Kier alpha value is -3.46. The molecule has 0 aliphatic heterocycles. The molecule has 0 atom stereocenters. The zero-order valence-electron chi connectivity index (χ0n) is 18.2. The maximum absolute atomic E-state index is 12.5. The lowest BCUT2D eigenvalue weighted by Gasteiger charge is -2.12. The molecular weight excluding hydrogens is 420 g/mol. The summed E-state index contributed by atoms with van der Waals surface area (Å²) in [6, 6.07) is 7.24. The molecule has 0 saturated carbocycles.